The number of thioether (sulfide) groups is 1. The molecule has 0 unspecified atom stereocenters. The van der Waals surface area contributed by atoms with Gasteiger partial charge in [-0.05, 0) is 12.1 Å². The largest absolute Gasteiger partial charge is 0.480 e. The zero-order chi connectivity index (χ0) is 14.2. The molecule has 102 valence electrons. The third-order valence-electron chi connectivity index (χ3n) is 2.88. The van der Waals surface area contributed by atoms with Crippen molar-refractivity contribution in [2.45, 2.75) is 18.3 Å². The van der Waals surface area contributed by atoms with E-state index in [0.29, 0.717) is 21.4 Å². The summed E-state index contributed by atoms with van der Waals surface area (Å²) in [5.74, 6) is -0.942. The van der Waals surface area contributed by atoms with Crippen LogP contribution in [0.25, 0.3) is 0 Å². The van der Waals surface area contributed by atoms with E-state index in [-0.39, 0.29) is 11.3 Å². The Kier molecular flexibility index (Phi) is 4.28. The van der Waals surface area contributed by atoms with Crippen molar-refractivity contribution in [1.29, 1.82) is 0 Å². The number of carbonyl (C=O) groups excluding carboxylic acids is 1. The lowest BCUT2D eigenvalue weighted by molar-refractivity contribution is -0.148. The van der Waals surface area contributed by atoms with E-state index in [1.807, 2.05) is 0 Å². The minimum Gasteiger partial charge on any atom is -0.480 e. The standard InChI is InChI=1S/C12H11Cl2NO3S/c1-6(16)15-10(12(17)18)5-19-11(15)8-3-2-7(13)4-9(8)14/h2-4,10-11H,5H2,1H3,(H,17,18)/t10-,11+/m1/s1. The first-order chi connectivity index (χ1) is 8.91. The van der Waals surface area contributed by atoms with Crippen molar-refractivity contribution >= 4 is 46.8 Å². The average Bonchev–Trinajstić information content (AvgIpc) is 2.73. The molecule has 1 aliphatic rings. The Balaban J connectivity index is 2.38. The van der Waals surface area contributed by atoms with Crippen LogP contribution in [0.3, 0.4) is 0 Å². The van der Waals surface area contributed by atoms with Gasteiger partial charge in [0.15, 0.2) is 0 Å². The molecular weight excluding hydrogens is 309 g/mol. The lowest BCUT2D eigenvalue weighted by Crippen LogP contribution is -2.41. The van der Waals surface area contributed by atoms with Gasteiger partial charge < -0.3 is 10.0 Å². The summed E-state index contributed by atoms with van der Waals surface area (Å²) >= 11 is 13.3. The number of benzene rings is 1. The number of carboxylic acids is 1. The predicted octanol–water partition coefficient (Wildman–Crippen LogP) is 3.04. The third-order valence-corrected chi connectivity index (χ3v) is 4.75. The first-order valence-corrected chi connectivity index (χ1v) is 7.30. The van der Waals surface area contributed by atoms with Crippen LogP contribution in [-0.2, 0) is 9.59 Å². The molecule has 1 heterocycles. The lowest BCUT2D eigenvalue weighted by Gasteiger charge is -2.26. The molecule has 0 aliphatic carbocycles. The molecule has 0 aromatic heterocycles. The summed E-state index contributed by atoms with van der Waals surface area (Å²) in [4.78, 5) is 24.2. The Morgan fingerprint density at radius 3 is 2.63 bits per heavy atom. The van der Waals surface area contributed by atoms with Crippen molar-refractivity contribution in [3.8, 4) is 0 Å². The molecule has 1 saturated heterocycles. The Bertz CT molecular complexity index is 538. The van der Waals surface area contributed by atoms with Crippen LogP contribution in [0.15, 0.2) is 18.2 Å². The average molecular weight is 320 g/mol. The number of aliphatic carboxylic acids is 1. The van der Waals surface area contributed by atoms with Gasteiger partial charge in [0.2, 0.25) is 5.91 Å². The van der Waals surface area contributed by atoms with Gasteiger partial charge in [0.25, 0.3) is 0 Å². The van der Waals surface area contributed by atoms with Gasteiger partial charge >= 0.3 is 5.97 Å². The first-order valence-electron chi connectivity index (χ1n) is 5.50. The van der Waals surface area contributed by atoms with E-state index in [1.54, 1.807) is 18.2 Å². The second-order valence-electron chi connectivity index (χ2n) is 4.13. The summed E-state index contributed by atoms with van der Waals surface area (Å²) in [5, 5.41) is 9.70. The molecule has 0 bridgehead atoms. The van der Waals surface area contributed by atoms with E-state index in [2.05, 4.69) is 0 Å². The van der Waals surface area contributed by atoms with Gasteiger partial charge in [0.1, 0.15) is 11.4 Å². The molecule has 2 atom stereocenters. The Morgan fingerprint density at radius 2 is 2.11 bits per heavy atom. The fraction of sp³-hybridized carbons (Fsp3) is 0.333. The molecule has 7 heteroatoms. The van der Waals surface area contributed by atoms with E-state index in [9.17, 15) is 9.59 Å². The van der Waals surface area contributed by atoms with E-state index in [0.717, 1.165) is 0 Å². The van der Waals surface area contributed by atoms with Gasteiger partial charge in [-0.15, -0.1) is 11.8 Å². The molecule has 0 saturated carbocycles. The van der Waals surface area contributed by atoms with Crippen LogP contribution in [0, 0.1) is 0 Å². The van der Waals surface area contributed by atoms with Gasteiger partial charge in [-0.1, -0.05) is 29.3 Å². The van der Waals surface area contributed by atoms with Crippen LogP contribution in [0.4, 0.5) is 0 Å². The number of hydrogen-bond donors (Lipinski definition) is 1. The van der Waals surface area contributed by atoms with E-state index in [4.69, 9.17) is 28.3 Å². The number of rotatable bonds is 2. The normalized spacial score (nSPS) is 22.6. The summed E-state index contributed by atoms with van der Waals surface area (Å²) in [6, 6.07) is 4.17. The van der Waals surface area contributed by atoms with E-state index in [1.165, 1.54) is 23.6 Å². The highest BCUT2D eigenvalue weighted by Gasteiger charge is 2.41. The van der Waals surface area contributed by atoms with Gasteiger partial charge in [-0.2, -0.15) is 0 Å². The van der Waals surface area contributed by atoms with Gasteiger partial charge in [-0.3, -0.25) is 4.79 Å². The number of amides is 1. The van der Waals surface area contributed by atoms with Crippen LogP contribution in [-0.4, -0.2) is 33.7 Å². The van der Waals surface area contributed by atoms with Gasteiger partial charge in [0, 0.05) is 28.3 Å². The first kappa shape index (κ1) is 14.5. The molecule has 1 fully saturated rings. The molecule has 1 aromatic carbocycles. The monoisotopic (exact) mass is 319 g/mol. The van der Waals surface area contributed by atoms with Gasteiger partial charge in [0.05, 0.1) is 0 Å². The maximum atomic E-state index is 11.7. The summed E-state index contributed by atoms with van der Waals surface area (Å²) in [6.07, 6.45) is 0. The minimum atomic E-state index is -1.00. The molecular formula is C12H11Cl2NO3S. The highest BCUT2D eigenvalue weighted by molar-refractivity contribution is 7.99. The summed E-state index contributed by atoms with van der Waals surface area (Å²) < 4.78 is 0. The highest BCUT2D eigenvalue weighted by Crippen LogP contribution is 2.44. The van der Waals surface area contributed by atoms with Gasteiger partial charge in [-0.25, -0.2) is 4.79 Å². The van der Waals surface area contributed by atoms with Crippen LogP contribution in [0.2, 0.25) is 10.0 Å². The summed E-state index contributed by atoms with van der Waals surface area (Å²) in [7, 11) is 0. The zero-order valence-electron chi connectivity index (χ0n) is 9.97. The second-order valence-corrected chi connectivity index (χ2v) is 6.09. The number of nitrogens with zero attached hydrogens (tertiary/aromatic N) is 1. The number of hydrogen-bond acceptors (Lipinski definition) is 3. The fourth-order valence-electron chi connectivity index (χ4n) is 2.02. The van der Waals surface area contributed by atoms with Crippen molar-refractivity contribution < 1.29 is 14.7 Å². The Morgan fingerprint density at radius 1 is 1.42 bits per heavy atom. The predicted molar refractivity (Wildman–Crippen MR) is 75.6 cm³/mol. The Labute approximate surface area is 124 Å². The van der Waals surface area contributed by atoms with Crippen LogP contribution in [0.1, 0.15) is 17.9 Å². The molecule has 1 N–H and O–H groups in total. The molecule has 1 aliphatic heterocycles. The molecule has 19 heavy (non-hydrogen) atoms. The SMILES string of the molecule is CC(=O)N1[C@@H](C(=O)O)CS[C@H]1c1ccc(Cl)cc1Cl. The van der Waals surface area contributed by atoms with Crippen LogP contribution < -0.4 is 0 Å². The molecule has 0 spiro atoms. The molecule has 4 nitrogen and oxygen atoms in total. The topological polar surface area (TPSA) is 57.6 Å². The van der Waals surface area contributed by atoms with Crippen LogP contribution in [0.5, 0.6) is 0 Å². The molecule has 1 aromatic rings. The second kappa shape index (κ2) is 5.61. The summed E-state index contributed by atoms with van der Waals surface area (Å²) in [5.41, 5.74) is 0.704. The maximum Gasteiger partial charge on any atom is 0.327 e. The number of halogens is 2. The molecule has 0 radical (unpaired) electrons. The quantitative estimate of drug-likeness (QED) is 0.910. The van der Waals surface area contributed by atoms with Crippen molar-refractivity contribution in [2.24, 2.45) is 0 Å². The zero-order valence-corrected chi connectivity index (χ0v) is 12.3. The summed E-state index contributed by atoms with van der Waals surface area (Å²) in [6.45, 7) is 1.36. The fourth-order valence-corrected chi connectivity index (χ4v) is 4.11. The number of carboxylic acid groups (broad SMARTS) is 1. The highest BCUT2D eigenvalue weighted by atomic mass is 35.5. The van der Waals surface area contributed by atoms with Crippen molar-refractivity contribution in [3.05, 3.63) is 33.8 Å². The molecule has 1 amide bonds. The lowest BCUT2D eigenvalue weighted by atomic mass is 10.1. The third kappa shape index (κ3) is 2.83. The van der Waals surface area contributed by atoms with Crippen molar-refractivity contribution in [3.63, 3.8) is 0 Å². The van der Waals surface area contributed by atoms with E-state index < -0.39 is 12.0 Å². The van der Waals surface area contributed by atoms with Crippen LogP contribution >= 0.6 is 35.0 Å². The Hall–Kier alpha value is -0.910. The molecule has 2 rings (SSSR count). The number of carbonyl (C=O) groups is 2. The smallest absolute Gasteiger partial charge is 0.327 e. The van der Waals surface area contributed by atoms with Crippen molar-refractivity contribution in [2.75, 3.05) is 5.75 Å². The van der Waals surface area contributed by atoms with E-state index >= 15 is 0 Å². The maximum absolute atomic E-state index is 11.7. The minimum absolute atomic E-state index is 0.284. The van der Waals surface area contributed by atoms with Crippen molar-refractivity contribution in [1.82, 2.24) is 4.90 Å².